The van der Waals surface area contributed by atoms with Crippen LogP contribution in [0.15, 0.2) is 46.8 Å². The molecule has 0 radical (unpaired) electrons. The number of hydrogen-bond donors (Lipinski definition) is 0. The summed E-state index contributed by atoms with van der Waals surface area (Å²) in [6.07, 6.45) is 2.27. The normalized spacial score (nSPS) is 20.0. The Hall–Kier alpha value is -2.54. The molecule has 2 unspecified atom stereocenters. The van der Waals surface area contributed by atoms with E-state index in [0.29, 0.717) is 16.8 Å². The van der Waals surface area contributed by atoms with Gasteiger partial charge in [0.05, 0.1) is 11.7 Å². The molecule has 5 nitrogen and oxygen atoms in total. The number of hydrogen-bond acceptors (Lipinski definition) is 4. The van der Waals surface area contributed by atoms with E-state index in [1.165, 1.54) is 34.4 Å². The van der Waals surface area contributed by atoms with Gasteiger partial charge in [0.15, 0.2) is 0 Å². The Kier molecular flexibility index (Phi) is 4.32. The van der Waals surface area contributed by atoms with Gasteiger partial charge in [-0.25, -0.2) is 9.37 Å². The summed E-state index contributed by atoms with van der Waals surface area (Å²) < 4.78 is 14.5. The van der Waals surface area contributed by atoms with Gasteiger partial charge in [-0.3, -0.25) is 14.2 Å². The Morgan fingerprint density at radius 1 is 1.31 bits per heavy atom. The number of amides is 1. The van der Waals surface area contributed by atoms with E-state index in [1.807, 2.05) is 12.3 Å². The highest BCUT2D eigenvalue weighted by atomic mass is 32.1. The van der Waals surface area contributed by atoms with Crippen LogP contribution in [-0.2, 0) is 11.3 Å². The Labute approximate surface area is 153 Å². The van der Waals surface area contributed by atoms with E-state index in [-0.39, 0.29) is 35.8 Å². The quantitative estimate of drug-likeness (QED) is 0.711. The highest BCUT2D eigenvalue weighted by Gasteiger charge is 2.33. The maximum atomic E-state index is 13.1. The number of thiophene rings is 1. The molecule has 0 N–H and O–H groups in total. The number of rotatable bonds is 3. The zero-order chi connectivity index (χ0) is 18.3. The zero-order valence-corrected chi connectivity index (χ0v) is 15.1. The van der Waals surface area contributed by atoms with Crippen molar-refractivity contribution in [3.63, 3.8) is 0 Å². The first-order valence-corrected chi connectivity index (χ1v) is 9.38. The van der Waals surface area contributed by atoms with Gasteiger partial charge in [-0.15, -0.1) is 11.3 Å². The summed E-state index contributed by atoms with van der Waals surface area (Å²) in [5, 5.41) is 2.37. The average Bonchev–Trinajstić information content (AvgIpc) is 3.25. The van der Waals surface area contributed by atoms with Crippen molar-refractivity contribution in [1.82, 2.24) is 14.5 Å². The van der Waals surface area contributed by atoms with Gasteiger partial charge >= 0.3 is 0 Å². The molecule has 1 amide bonds. The molecule has 134 valence electrons. The van der Waals surface area contributed by atoms with E-state index in [2.05, 4.69) is 4.98 Å². The van der Waals surface area contributed by atoms with E-state index in [4.69, 9.17) is 0 Å². The first-order valence-electron chi connectivity index (χ1n) is 8.50. The van der Waals surface area contributed by atoms with Crippen LogP contribution in [0.2, 0.25) is 0 Å². The lowest BCUT2D eigenvalue weighted by Crippen LogP contribution is -2.38. The van der Waals surface area contributed by atoms with Crippen molar-refractivity contribution in [2.45, 2.75) is 31.8 Å². The predicted octanol–water partition coefficient (Wildman–Crippen LogP) is 3.00. The summed E-state index contributed by atoms with van der Waals surface area (Å²) in [5.74, 6) is -0.173. The van der Waals surface area contributed by atoms with Crippen LogP contribution in [0, 0.1) is 5.82 Å². The molecule has 2 atom stereocenters. The van der Waals surface area contributed by atoms with Crippen molar-refractivity contribution in [1.29, 1.82) is 0 Å². The molecule has 1 fully saturated rings. The second-order valence-electron chi connectivity index (χ2n) is 6.70. The number of carbonyl (C=O) groups excluding carboxylic acids is 1. The summed E-state index contributed by atoms with van der Waals surface area (Å²) in [4.78, 5) is 32.0. The minimum Gasteiger partial charge on any atom is -0.338 e. The second-order valence-corrected chi connectivity index (χ2v) is 7.59. The lowest BCUT2D eigenvalue weighted by molar-refractivity contribution is -0.132. The topological polar surface area (TPSA) is 55.2 Å². The smallest absolute Gasteiger partial charge is 0.262 e. The van der Waals surface area contributed by atoms with Gasteiger partial charge in [-0.05, 0) is 42.5 Å². The summed E-state index contributed by atoms with van der Waals surface area (Å²) in [7, 11) is 0. The molecule has 3 aromatic rings. The fourth-order valence-electron chi connectivity index (χ4n) is 3.60. The Bertz CT molecular complexity index is 1010. The monoisotopic (exact) mass is 371 g/mol. The van der Waals surface area contributed by atoms with Crippen LogP contribution < -0.4 is 5.56 Å². The fourth-order valence-corrected chi connectivity index (χ4v) is 4.32. The maximum absolute atomic E-state index is 13.1. The number of aromatic nitrogens is 2. The van der Waals surface area contributed by atoms with Crippen LogP contribution in [0.1, 0.15) is 24.8 Å². The van der Waals surface area contributed by atoms with Gasteiger partial charge < -0.3 is 4.90 Å². The van der Waals surface area contributed by atoms with E-state index in [9.17, 15) is 14.0 Å². The standard InChI is InChI=1S/C19H18FN3O2S/c1-12-8-14(13-2-4-15(20)5-3-13)9-23(12)17(24)10-22-11-21-18-16(19(22)25)6-7-26-18/h2-7,11-12,14H,8-10H2,1H3. The molecule has 1 aromatic carbocycles. The minimum atomic E-state index is -0.261. The SMILES string of the molecule is CC1CC(c2ccc(F)cc2)CN1C(=O)Cn1cnc2sccc2c1=O. The van der Waals surface area contributed by atoms with Crippen molar-refractivity contribution in [3.05, 3.63) is 63.8 Å². The second kappa shape index (κ2) is 6.64. The third-order valence-corrected chi connectivity index (χ3v) is 5.81. The van der Waals surface area contributed by atoms with Gasteiger partial charge in [0.25, 0.3) is 5.56 Å². The zero-order valence-electron chi connectivity index (χ0n) is 14.3. The molecule has 1 saturated heterocycles. The fraction of sp³-hybridized carbons (Fsp3) is 0.316. The van der Waals surface area contributed by atoms with Crippen molar-refractivity contribution in [3.8, 4) is 0 Å². The van der Waals surface area contributed by atoms with E-state index in [0.717, 1.165) is 12.0 Å². The number of likely N-dealkylation sites (tertiary alicyclic amines) is 1. The summed E-state index contributed by atoms with van der Waals surface area (Å²) in [5.41, 5.74) is 0.846. The Morgan fingerprint density at radius 3 is 2.85 bits per heavy atom. The molecular weight excluding hydrogens is 353 g/mol. The lowest BCUT2D eigenvalue weighted by atomic mass is 9.97. The molecule has 0 bridgehead atoms. The molecule has 1 aliphatic rings. The van der Waals surface area contributed by atoms with Crippen LogP contribution in [0.3, 0.4) is 0 Å². The third kappa shape index (κ3) is 3.03. The first-order chi connectivity index (χ1) is 12.5. The predicted molar refractivity (Wildman–Crippen MR) is 98.8 cm³/mol. The Balaban J connectivity index is 1.51. The van der Waals surface area contributed by atoms with E-state index >= 15 is 0 Å². The lowest BCUT2D eigenvalue weighted by Gasteiger charge is -2.22. The van der Waals surface area contributed by atoms with E-state index < -0.39 is 0 Å². The molecule has 7 heteroatoms. The van der Waals surface area contributed by atoms with Crippen molar-refractivity contribution in [2.24, 2.45) is 0 Å². The third-order valence-electron chi connectivity index (χ3n) is 4.99. The largest absolute Gasteiger partial charge is 0.338 e. The first kappa shape index (κ1) is 16.9. The van der Waals surface area contributed by atoms with E-state index in [1.54, 1.807) is 23.1 Å². The number of nitrogens with zero attached hydrogens (tertiary/aromatic N) is 3. The van der Waals surface area contributed by atoms with Crippen LogP contribution in [0.4, 0.5) is 4.39 Å². The molecule has 4 rings (SSSR count). The molecule has 0 spiro atoms. The molecule has 0 saturated carbocycles. The summed E-state index contributed by atoms with van der Waals surface area (Å²) in [6, 6.07) is 8.27. The average molecular weight is 371 g/mol. The maximum Gasteiger partial charge on any atom is 0.262 e. The minimum absolute atomic E-state index is 0.0158. The van der Waals surface area contributed by atoms with Crippen molar-refractivity contribution in [2.75, 3.05) is 6.54 Å². The summed E-state index contributed by atoms with van der Waals surface area (Å²) in [6.45, 7) is 2.57. The van der Waals surface area contributed by atoms with Crippen LogP contribution >= 0.6 is 11.3 Å². The molecule has 0 aliphatic carbocycles. The number of fused-ring (bicyclic) bond motifs is 1. The van der Waals surface area contributed by atoms with Crippen LogP contribution in [0.25, 0.3) is 10.2 Å². The molecule has 2 aromatic heterocycles. The highest BCUT2D eigenvalue weighted by molar-refractivity contribution is 7.16. The van der Waals surface area contributed by atoms with Crippen molar-refractivity contribution < 1.29 is 9.18 Å². The summed E-state index contributed by atoms with van der Waals surface area (Å²) >= 11 is 1.41. The number of benzene rings is 1. The van der Waals surface area contributed by atoms with Gasteiger partial charge in [0.1, 0.15) is 17.2 Å². The Morgan fingerprint density at radius 2 is 2.08 bits per heavy atom. The van der Waals surface area contributed by atoms with Gasteiger partial charge in [0, 0.05) is 18.5 Å². The van der Waals surface area contributed by atoms with Crippen LogP contribution in [-0.4, -0.2) is 32.9 Å². The highest BCUT2D eigenvalue weighted by Crippen LogP contribution is 2.31. The molecule has 26 heavy (non-hydrogen) atoms. The molecule has 3 heterocycles. The molecule has 1 aliphatic heterocycles. The number of carbonyl (C=O) groups is 1. The van der Waals surface area contributed by atoms with Gasteiger partial charge in [0.2, 0.25) is 5.91 Å². The van der Waals surface area contributed by atoms with Crippen molar-refractivity contribution >= 4 is 27.5 Å². The number of halogens is 1. The van der Waals surface area contributed by atoms with Crippen LogP contribution in [0.5, 0.6) is 0 Å². The molecular formula is C19H18FN3O2S. The van der Waals surface area contributed by atoms with Gasteiger partial charge in [-0.1, -0.05) is 12.1 Å². The van der Waals surface area contributed by atoms with Gasteiger partial charge in [-0.2, -0.15) is 0 Å².